The molecule has 6 nitrogen and oxygen atoms in total. The minimum Gasteiger partial charge on any atom is -0.445 e. The average Bonchev–Trinajstić information content (AvgIpc) is 3.32. The van der Waals surface area contributed by atoms with Crippen LogP contribution in [0.15, 0.2) is 91.0 Å². The highest BCUT2D eigenvalue weighted by Crippen LogP contribution is 2.17. The van der Waals surface area contributed by atoms with E-state index in [9.17, 15) is 9.59 Å². The number of carbonyl (C=O) groups is 2. The Balaban J connectivity index is 1.38. The summed E-state index contributed by atoms with van der Waals surface area (Å²) in [4.78, 5) is 27.7. The lowest BCUT2D eigenvalue weighted by Gasteiger charge is -2.24. The monoisotopic (exact) mass is 443 g/mol. The van der Waals surface area contributed by atoms with Crippen LogP contribution in [0.5, 0.6) is 0 Å². The van der Waals surface area contributed by atoms with E-state index in [4.69, 9.17) is 4.74 Å². The first kappa shape index (κ1) is 22.4. The summed E-state index contributed by atoms with van der Waals surface area (Å²) in [5, 5.41) is 6.29. The third-order valence-corrected chi connectivity index (χ3v) is 5.73. The zero-order valence-electron chi connectivity index (χ0n) is 18.5. The Morgan fingerprint density at radius 2 is 1.48 bits per heavy atom. The van der Waals surface area contributed by atoms with Gasteiger partial charge >= 0.3 is 6.09 Å². The van der Waals surface area contributed by atoms with Crippen LogP contribution in [-0.4, -0.2) is 42.1 Å². The van der Waals surface area contributed by atoms with Crippen molar-refractivity contribution in [2.45, 2.75) is 31.5 Å². The van der Waals surface area contributed by atoms with E-state index in [0.29, 0.717) is 19.5 Å². The molecule has 0 bridgehead atoms. The van der Waals surface area contributed by atoms with Crippen LogP contribution in [0.4, 0.5) is 10.5 Å². The van der Waals surface area contributed by atoms with Crippen LogP contribution in [0.25, 0.3) is 0 Å². The Bertz CT molecular complexity index is 1030. The lowest BCUT2D eigenvalue weighted by Crippen LogP contribution is -2.49. The largest absolute Gasteiger partial charge is 0.445 e. The van der Waals surface area contributed by atoms with Crippen molar-refractivity contribution in [3.05, 3.63) is 102 Å². The Labute approximate surface area is 194 Å². The number of nitrogens with zero attached hydrogens (tertiary/aromatic N) is 1. The van der Waals surface area contributed by atoms with Gasteiger partial charge in [0.15, 0.2) is 0 Å². The Kier molecular flexibility index (Phi) is 7.59. The smallest absolute Gasteiger partial charge is 0.408 e. The molecule has 170 valence electrons. The van der Waals surface area contributed by atoms with E-state index in [0.717, 1.165) is 23.2 Å². The fraction of sp³-hybridized carbons (Fsp3) is 0.259. The van der Waals surface area contributed by atoms with Crippen LogP contribution >= 0.6 is 0 Å². The van der Waals surface area contributed by atoms with E-state index in [2.05, 4.69) is 10.6 Å². The molecule has 0 spiro atoms. The quantitative estimate of drug-likeness (QED) is 0.546. The Hall–Kier alpha value is -3.80. The van der Waals surface area contributed by atoms with Gasteiger partial charge in [-0.15, -0.1) is 0 Å². The number of rotatable bonds is 8. The van der Waals surface area contributed by atoms with Crippen LogP contribution in [-0.2, 0) is 22.6 Å². The number of amides is 2. The number of anilines is 1. The molecule has 2 atom stereocenters. The number of alkyl carbamates (subject to hydrolysis) is 1. The van der Waals surface area contributed by atoms with Crippen LogP contribution in [0.2, 0.25) is 0 Å². The maximum atomic E-state index is 13.4. The minimum atomic E-state index is -0.689. The van der Waals surface area contributed by atoms with Gasteiger partial charge in [0.25, 0.3) is 0 Å². The predicted octanol–water partition coefficient (Wildman–Crippen LogP) is 4.24. The maximum absolute atomic E-state index is 13.4. The summed E-state index contributed by atoms with van der Waals surface area (Å²) in [6.45, 7) is 1.40. The summed E-state index contributed by atoms with van der Waals surface area (Å²) in [5.41, 5.74) is 2.92. The van der Waals surface area contributed by atoms with E-state index >= 15 is 0 Å². The Morgan fingerprint density at radius 3 is 2.15 bits per heavy atom. The molecule has 0 aromatic heterocycles. The van der Waals surface area contributed by atoms with Gasteiger partial charge in [-0.2, -0.15) is 0 Å². The van der Waals surface area contributed by atoms with Crippen molar-refractivity contribution in [1.82, 2.24) is 10.2 Å². The summed E-state index contributed by atoms with van der Waals surface area (Å²) < 4.78 is 5.38. The molecule has 1 fully saturated rings. The standard InChI is InChI=1S/C27H29N3O3/c31-26(30-17-16-24(19-30)28-23-14-8-3-9-15-23)25(18-21-10-4-1-5-11-21)29-27(32)33-20-22-12-6-2-7-13-22/h1-15,24-25,28H,16-20H2,(H,29,32)/t24?,25-/m0/s1. The highest BCUT2D eigenvalue weighted by Gasteiger charge is 2.32. The van der Waals surface area contributed by atoms with Crippen LogP contribution in [0, 0.1) is 0 Å². The molecule has 1 saturated heterocycles. The van der Waals surface area contributed by atoms with Crippen molar-refractivity contribution < 1.29 is 14.3 Å². The molecular weight excluding hydrogens is 414 g/mol. The number of likely N-dealkylation sites (tertiary alicyclic amines) is 1. The fourth-order valence-corrected chi connectivity index (χ4v) is 4.03. The minimum absolute atomic E-state index is 0.0899. The van der Waals surface area contributed by atoms with E-state index in [1.54, 1.807) is 0 Å². The molecule has 2 amide bonds. The molecule has 4 rings (SSSR count). The normalized spacial score (nSPS) is 16.1. The fourth-order valence-electron chi connectivity index (χ4n) is 4.03. The number of hydrogen-bond donors (Lipinski definition) is 2. The number of carbonyl (C=O) groups excluding carboxylic acids is 2. The molecule has 3 aromatic rings. The zero-order valence-corrected chi connectivity index (χ0v) is 18.5. The molecule has 3 aromatic carbocycles. The van der Waals surface area contributed by atoms with Crippen LogP contribution in [0.3, 0.4) is 0 Å². The van der Waals surface area contributed by atoms with E-state index < -0.39 is 12.1 Å². The average molecular weight is 444 g/mol. The number of hydrogen-bond acceptors (Lipinski definition) is 4. The molecule has 0 aliphatic carbocycles. The van der Waals surface area contributed by atoms with Crippen LogP contribution < -0.4 is 10.6 Å². The van der Waals surface area contributed by atoms with E-state index in [-0.39, 0.29) is 18.6 Å². The lowest BCUT2D eigenvalue weighted by molar-refractivity contribution is -0.132. The van der Waals surface area contributed by atoms with Gasteiger partial charge in [-0.25, -0.2) is 4.79 Å². The summed E-state index contributed by atoms with van der Waals surface area (Å²) in [5.74, 6) is -0.0899. The van der Waals surface area contributed by atoms with Gasteiger partial charge in [0.1, 0.15) is 12.6 Å². The molecule has 0 saturated carbocycles. The number of ether oxygens (including phenoxy) is 1. The molecule has 6 heteroatoms. The SMILES string of the molecule is O=C(N[C@@H](Cc1ccccc1)C(=O)N1CCC(Nc2ccccc2)C1)OCc1ccccc1. The van der Waals surface area contributed by atoms with Gasteiger partial charge < -0.3 is 20.3 Å². The highest BCUT2D eigenvalue weighted by atomic mass is 16.5. The van der Waals surface area contributed by atoms with Crippen molar-refractivity contribution in [3.63, 3.8) is 0 Å². The van der Waals surface area contributed by atoms with E-state index in [1.807, 2.05) is 95.9 Å². The summed E-state index contributed by atoms with van der Waals surface area (Å²) in [6, 6.07) is 28.7. The lowest BCUT2D eigenvalue weighted by atomic mass is 10.1. The third-order valence-electron chi connectivity index (χ3n) is 5.73. The molecule has 33 heavy (non-hydrogen) atoms. The first-order valence-corrected chi connectivity index (χ1v) is 11.3. The van der Waals surface area contributed by atoms with Gasteiger partial charge in [-0.3, -0.25) is 4.79 Å². The molecule has 1 aliphatic rings. The Morgan fingerprint density at radius 1 is 0.879 bits per heavy atom. The van der Waals surface area contributed by atoms with Crippen LogP contribution in [0.1, 0.15) is 17.5 Å². The number of para-hydroxylation sites is 1. The third kappa shape index (κ3) is 6.59. The second kappa shape index (κ2) is 11.2. The molecular formula is C27H29N3O3. The van der Waals surface area contributed by atoms with Gasteiger partial charge in [-0.1, -0.05) is 78.9 Å². The molecule has 1 aliphatic heterocycles. The highest BCUT2D eigenvalue weighted by molar-refractivity contribution is 5.86. The molecule has 2 N–H and O–H groups in total. The van der Waals surface area contributed by atoms with Gasteiger partial charge in [0.2, 0.25) is 5.91 Å². The van der Waals surface area contributed by atoms with Gasteiger partial charge in [0, 0.05) is 31.2 Å². The second-order valence-corrected chi connectivity index (χ2v) is 8.23. The first-order valence-electron chi connectivity index (χ1n) is 11.3. The topological polar surface area (TPSA) is 70.7 Å². The molecule has 1 heterocycles. The maximum Gasteiger partial charge on any atom is 0.408 e. The van der Waals surface area contributed by atoms with Crippen molar-refractivity contribution in [2.75, 3.05) is 18.4 Å². The van der Waals surface area contributed by atoms with Crippen molar-refractivity contribution in [3.8, 4) is 0 Å². The van der Waals surface area contributed by atoms with E-state index in [1.165, 1.54) is 0 Å². The summed E-state index contributed by atoms with van der Waals surface area (Å²) >= 11 is 0. The number of nitrogens with one attached hydrogen (secondary N) is 2. The van der Waals surface area contributed by atoms with Crippen molar-refractivity contribution in [1.29, 1.82) is 0 Å². The predicted molar refractivity (Wildman–Crippen MR) is 129 cm³/mol. The number of benzene rings is 3. The summed E-state index contributed by atoms with van der Waals surface area (Å²) in [6.07, 6.45) is 0.677. The first-order chi connectivity index (χ1) is 16.2. The molecule has 1 unspecified atom stereocenters. The van der Waals surface area contributed by atoms with Crippen molar-refractivity contribution >= 4 is 17.7 Å². The van der Waals surface area contributed by atoms with Gasteiger partial charge in [-0.05, 0) is 29.7 Å². The van der Waals surface area contributed by atoms with Crippen molar-refractivity contribution in [2.24, 2.45) is 0 Å². The summed E-state index contributed by atoms with van der Waals surface area (Å²) in [7, 11) is 0. The molecule has 0 radical (unpaired) electrons. The second-order valence-electron chi connectivity index (χ2n) is 8.23. The zero-order chi connectivity index (χ0) is 22.9. The van der Waals surface area contributed by atoms with Gasteiger partial charge in [0.05, 0.1) is 0 Å².